The van der Waals surface area contributed by atoms with Gasteiger partial charge in [-0.05, 0) is 29.8 Å². The van der Waals surface area contributed by atoms with Gasteiger partial charge in [0.25, 0.3) is 5.91 Å². The third-order valence-electron chi connectivity index (χ3n) is 4.17. The van der Waals surface area contributed by atoms with Crippen LogP contribution in [0.4, 0.5) is 0 Å². The van der Waals surface area contributed by atoms with Crippen molar-refractivity contribution in [2.45, 2.75) is 6.54 Å². The van der Waals surface area contributed by atoms with Gasteiger partial charge in [-0.3, -0.25) is 9.78 Å². The van der Waals surface area contributed by atoms with E-state index in [2.05, 4.69) is 15.3 Å². The van der Waals surface area contributed by atoms with Crippen LogP contribution >= 0.6 is 0 Å². The molecule has 2 heterocycles. The number of oxazole rings is 1. The molecule has 0 saturated heterocycles. The summed E-state index contributed by atoms with van der Waals surface area (Å²) in [6, 6.07) is 20.8. The van der Waals surface area contributed by atoms with Crippen LogP contribution in [0.3, 0.4) is 0 Å². The average Bonchev–Trinajstić information content (AvgIpc) is 3.23. The largest absolute Gasteiger partial charge is 0.436 e. The maximum Gasteiger partial charge on any atom is 0.252 e. The zero-order chi connectivity index (χ0) is 18.5. The molecule has 0 saturated carbocycles. The summed E-state index contributed by atoms with van der Waals surface area (Å²) in [5.74, 6) is 0.906. The van der Waals surface area contributed by atoms with Crippen LogP contribution in [0.25, 0.3) is 22.8 Å². The van der Waals surface area contributed by atoms with Crippen LogP contribution in [0, 0.1) is 0 Å². The highest BCUT2D eigenvalue weighted by atomic mass is 16.4. The number of benzene rings is 2. The van der Waals surface area contributed by atoms with Gasteiger partial charge in [0.2, 0.25) is 5.89 Å². The number of aromatic nitrogens is 2. The molecule has 0 atom stereocenters. The number of rotatable bonds is 5. The molecule has 5 heteroatoms. The molecule has 2 aromatic carbocycles. The molecule has 0 fully saturated rings. The second-order valence-corrected chi connectivity index (χ2v) is 5.98. The second-order valence-electron chi connectivity index (χ2n) is 5.98. The Morgan fingerprint density at radius 1 is 0.926 bits per heavy atom. The summed E-state index contributed by atoms with van der Waals surface area (Å²) in [6.07, 6.45) is 5.08. The third-order valence-corrected chi connectivity index (χ3v) is 4.17. The van der Waals surface area contributed by atoms with E-state index in [-0.39, 0.29) is 5.91 Å². The van der Waals surface area contributed by atoms with Crippen molar-refractivity contribution in [3.63, 3.8) is 0 Å². The summed E-state index contributed by atoms with van der Waals surface area (Å²) in [6.45, 7) is 0.427. The highest BCUT2D eigenvalue weighted by Gasteiger charge is 2.16. The number of carbonyl (C=O) groups excluding carboxylic acids is 1. The molecule has 27 heavy (non-hydrogen) atoms. The van der Waals surface area contributed by atoms with Crippen molar-refractivity contribution in [2.75, 3.05) is 0 Å². The first-order chi connectivity index (χ1) is 13.3. The Morgan fingerprint density at radius 3 is 2.48 bits per heavy atom. The van der Waals surface area contributed by atoms with E-state index in [9.17, 15) is 4.79 Å². The first kappa shape index (κ1) is 16.7. The Hall–Kier alpha value is -3.73. The number of carbonyl (C=O) groups is 1. The minimum atomic E-state index is -0.179. The van der Waals surface area contributed by atoms with E-state index in [0.717, 1.165) is 11.1 Å². The van der Waals surface area contributed by atoms with Gasteiger partial charge in [0.05, 0.1) is 11.8 Å². The molecule has 0 aliphatic carbocycles. The third kappa shape index (κ3) is 3.77. The van der Waals surface area contributed by atoms with E-state index < -0.39 is 0 Å². The SMILES string of the molecule is O=C(NCc1ccncc1)c1ccccc1-c1ncc(-c2ccccc2)o1. The molecule has 4 aromatic rings. The van der Waals surface area contributed by atoms with Gasteiger partial charge in [-0.25, -0.2) is 4.98 Å². The number of hydrogen-bond acceptors (Lipinski definition) is 4. The van der Waals surface area contributed by atoms with Crippen molar-refractivity contribution >= 4 is 5.91 Å². The van der Waals surface area contributed by atoms with Crippen LogP contribution in [0.1, 0.15) is 15.9 Å². The van der Waals surface area contributed by atoms with Crippen LogP contribution in [0.5, 0.6) is 0 Å². The van der Waals surface area contributed by atoms with Crippen LogP contribution in [0.15, 0.2) is 89.7 Å². The van der Waals surface area contributed by atoms with Gasteiger partial charge in [-0.15, -0.1) is 0 Å². The second kappa shape index (κ2) is 7.66. The van der Waals surface area contributed by atoms with Gasteiger partial charge in [0.1, 0.15) is 0 Å². The fourth-order valence-corrected chi connectivity index (χ4v) is 2.78. The van der Waals surface area contributed by atoms with Gasteiger partial charge in [0, 0.05) is 30.1 Å². The monoisotopic (exact) mass is 355 g/mol. The lowest BCUT2D eigenvalue weighted by molar-refractivity contribution is 0.0951. The number of nitrogens with one attached hydrogen (secondary N) is 1. The van der Waals surface area contributed by atoms with Crippen LogP contribution < -0.4 is 5.32 Å². The molecular weight excluding hydrogens is 338 g/mol. The zero-order valence-corrected chi connectivity index (χ0v) is 14.5. The molecule has 4 rings (SSSR count). The highest BCUT2D eigenvalue weighted by Crippen LogP contribution is 2.28. The Morgan fingerprint density at radius 2 is 1.67 bits per heavy atom. The number of amides is 1. The molecule has 132 valence electrons. The topological polar surface area (TPSA) is 68.0 Å². The maximum atomic E-state index is 12.7. The Balaban J connectivity index is 1.58. The Bertz CT molecular complexity index is 1040. The summed E-state index contributed by atoms with van der Waals surface area (Å²) >= 11 is 0. The molecule has 0 radical (unpaired) electrons. The van der Waals surface area contributed by atoms with Crippen LogP contribution in [-0.4, -0.2) is 15.9 Å². The average molecular weight is 355 g/mol. The molecule has 0 spiro atoms. The van der Waals surface area contributed by atoms with Gasteiger partial charge in [-0.2, -0.15) is 0 Å². The fraction of sp³-hybridized carbons (Fsp3) is 0.0455. The zero-order valence-electron chi connectivity index (χ0n) is 14.5. The van der Waals surface area contributed by atoms with Crippen LogP contribution in [0.2, 0.25) is 0 Å². The van der Waals surface area contributed by atoms with Crippen molar-refractivity contribution in [1.82, 2.24) is 15.3 Å². The van der Waals surface area contributed by atoms with Crippen molar-refractivity contribution in [2.24, 2.45) is 0 Å². The smallest absolute Gasteiger partial charge is 0.252 e. The highest BCUT2D eigenvalue weighted by molar-refractivity contribution is 6.00. The van der Waals surface area contributed by atoms with Gasteiger partial charge in [-0.1, -0.05) is 42.5 Å². The molecular formula is C22H17N3O2. The molecule has 1 N–H and O–H groups in total. The standard InChI is InChI=1S/C22H17N3O2/c26-21(24-14-16-10-12-23-13-11-16)18-8-4-5-9-19(18)22-25-15-20(27-22)17-6-2-1-3-7-17/h1-13,15H,14H2,(H,24,26). The minimum absolute atomic E-state index is 0.179. The van der Waals surface area contributed by atoms with E-state index >= 15 is 0 Å². The normalized spacial score (nSPS) is 10.5. The van der Waals surface area contributed by atoms with Gasteiger partial charge in [0.15, 0.2) is 5.76 Å². The maximum absolute atomic E-state index is 12.7. The molecule has 2 aromatic heterocycles. The lowest BCUT2D eigenvalue weighted by Gasteiger charge is -2.08. The van der Waals surface area contributed by atoms with Gasteiger partial charge >= 0.3 is 0 Å². The van der Waals surface area contributed by atoms with Crippen molar-refractivity contribution in [3.8, 4) is 22.8 Å². The quantitative estimate of drug-likeness (QED) is 0.578. The number of hydrogen-bond donors (Lipinski definition) is 1. The number of pyridine rings is 1. The molecule has 1 amide bonds. The predicted octanol–water partition coefficient (Wildman–Crippen LogP) is 4.33. The first-order valence-electron chi connectivity index (χ1n) is 8.59. The summed E-state index contributed by atoms with van der Waals surface area (Å²) < 4.78 is 5.91. The van der Waals surface area contributed by atoms with Crippen molar-refractivity contribution < 1.29 is 9.21 Å². The molecule has 5 nitrogen and oxygen atoms in total. The van der Waals surface area contributed by atoms with Crippen LogP contribution in [-0.2, 0) is 6.54 Å². The van der Waals surface area contributed by atoms with Crippen molar-refractivity contribution in [1.29, 1.82) is 0 Å². The summed E-state index contributed by atoms with van der Waals surface area (Å²) in [5.41, 5.74) is 3.11. The lowest BCUT2D eigenvalue weighted by Crippen LogP contribution is -2.23. The van der Waals surface area contributed by atoms with E-state index in [1.54, 1.807) is 24.7 Å². The predicted molar refractivity (Wildman–Crippen MR) is 103 cm³/mol. The summed E-state index contributed by atoms with van der Waals surface area (Å²) in [4.78, 5) is 21.0. The molecule has 0 aliphatic rings. The number of nitrogens with zero attached hydrogens (tertiary/aromatic N) is 2. The lowest BCUT2D eigenvalue weighted by atomic mass is 10.1. The Labute approximate surface area is 156 Å². The molecule has 0 bridgehead atoms. The van der Waals surface area contributed by atoms with E-state index in [4.69, 9.17) is 4.42 Å². The van der Waals surface area contributed by atoms with E-state index in [0.29, 0.717) is 29.3 Å². The summed E-state index contributed by atoms with van der Waals surface area (Å²) in [7, 11) is 0. The van der Waals surface area contributed by atoms with E-state index in [1.165, 1.54) is 0 Å². The van der Waals surface area contributed by atoms with E-state index in [1.807, 2.05) is 60.7 Å². The van der Waals surface area contributed by atoms with Gasteiger partial charge < -0.3 is 9.73 Å². The minimum Gasteiger partial charge on any atom is -0.436 e. The molecule has 0 aliphatic heterocycles. The first-order valence-corrected chi connectivity index (χ1v) is 8.59. The Kier molecular flexibility index (Phi) is 4.74. The summed E-state index contributed by atoms with van der Waals surface area (Å²) in [5, 5.41) is 2.93. The molecule has 0 unspecified atom stereocenters. The fourth-order valence-electron chi connectivity index (χ4n) is 2.78. The van der Waals surface area contributed by atoms with Crippen molar-refractivity contribution in [3.05, 3.63) is 96.4 Å².